The van der Waals surface area contributed by atoms with E-state index in [1.54, 1.807) is 30.1 Å². The van der Waals surface area contributed by atoms with Gasteiger partial charge in [0, 0.05) is 36.4 Å². The highest BCUT2D eigenvalue weighted by molar-refractivity contribution is 7.15. The Morgan fingerprint density at radius 3 is 2.86 bits per heavy atom. The molecule has 1 N–H and O–H groups in total. The molecule has 4 heterocycles. The van der Waals surface area contributed by atoms with Gasteiger partial charge in [0.2, 0.25) is 5.13 Å². The van der Waals surface area contributed by atoms with E-state index < -0.39 is 18.0 Å². The number of nitrogens with one attached hydrogen (secondary N) is 1. The maximum Gasteiger partial charge on any atom is 0.368 e. The minimum absolute atomic E-state index is 0.000196. The lowest BCUT2D eigenvalue weighted by molar-refractivity contribution is -0.280. The summed E-state index contributed by atoms with van der Waals surface area (Å²) in [7, 11) is 3.14. The summed E-state index contributed by atoms with van der Waals surface area (Å²) in [6.45, 7) is 0. The molecule has 1 amide bonds. The number of rotatable bonds is 6. The van der Waals surface area contributed by atoms with Crippen LogP contribution >= 0.6 is 11.3 Å². The van der Waals surface area contributed by atoms with Crippen LogP contribution in [-0.2, 0) is 7.05 Å². The minimum Gasteiger partial charge on any atom is -0.494 e. The molecule has 0 saturated heterocycles. The van der Waals surface area contributed by atoms with Crippen LogP contribution in [0.2, 0.25) is 0 Å². The lowest BCUT2D eigenvalue weighted by atomic mass is 9.99. The summed E-state index contributed by atoms with van der Waals surface area (Å²) >= 11 is 1.14. The largest absolute Gasteiger partial charge is 0.494 e. The smallest absolute Gasteiger partial charge is 0.368 e. The van der Waals surface area contributed by atoms with Gasteiger partial charge in [0.25, 0.3) is 12.3 Å². The molecule has 12 heteroatoms. The number of carbonyl (C=O) groups is 1. The van der Waals surface area contributed by atoms with E-state index in [1.807, 2.05) is 0 Å². The first-order valence-corrected chi connectivity index (χ1v) is 11.6. The Balaban J connectivity index is 1.55. The fraction of sp³-hybridized carbons (Fsp3) is 0.250. The van der Waals surface area contributed by atoms with Gasteiger partial charge < -0.3 is 4.74 Å². The molecule has 1 aliphatic carbocycles. The second-order valence-corrected chi connectivity index (χ2v) is 8.91. The van der Waals surface area contributed by atoms with Crippen molar-refractivity contribution in [3.8, 4) is 40.1 Å². The Labute approximate surface area is 208 Å². The molecule has 0 bridgehead atoms. The minimum atomic E-state index is -2.82. The van der Waals surface area contributed by atoms with E-state index in [0.29, 0.717) is 22.3 Å². The van der Waals surface area contributed by atoms with Crippen molar-refractivity contribution in [2.75, 3.05) is 12.4 Å². The number of halogens is 2. The number of methoxy groups -OCH3 is 1. The van der Waals surface area contributed by atoms with Gasteiger partial charge in [-0.1, -0.05) is 17.3 Å². The summed E-state index contributed by atoms with van der Waals surface area (Å²) in [5.41, 5.74) is 0.955. The number of amides is 1. The molecule has 4 aromatic heterocycles. The molecule has 0 aromatic carbocycles. The number of hydrogen-bond donors (Lipinski definition) is 1. The van der Waals surface area contributed by atoms with Crippen molar-refractivity contribution >= 4 is 22.4 Å². The SMILES string of the molecule is COc1cnc(C(F)F)cc1-c1cc(-c2ccn(C)n2)[n+]#cc1C(=O)Nc1nnc(C#CC2CC2)s1. The number of carbonyl (C=O) groups excluding carboxylic acids is 1. The summed E-state index contributed by atoms with van der Waals surface area (Å²) in [5, 5.41) is 15.7. The molecule has 180 valence electrons. The van der Waals surface area contributed by atoms with Crippen LogP contribution in [-0.4, -0.2) is 38.0 Å². The van der Waals surface area contributed by atoms with Gasteiger partial charge in [-0.15, -0.1) is 10.2 Å². The Bertz CT molecular complexity index is 1500. The zero-order chi connectivity index (χ0) is 25.2. The number of aromatic nitrogens is 6. The van der Waals surface area contributed by atoms with Crippen molar-refractivity contribution in [3.05, 3.63) is 53.1 Å². The number of hydrogen-bond acceptors (Lipinski definition) is 7. The summed E-state index contributed by atoms with van der Waals surface area (Å²) in [6, 6.07) is 4.50. The highest BCUT2D eigenvalue weighted by Gasteiger charge is 2.26. The molecule has 1 fully saturated rings. The predicted molar refractivity (Wildman–Crippen MR) is 125 cm³/mol. The maximum atomic E-state index is 13.5. The van der Waals surface area contributed by atoms with Crippen LogP contribution in [0.25, 0.3) is 22.5 Å². The summed E-state index contributed by atoms with van der Waals surface area (Å²) in [4.78, 5) is 21.3. The van der Waals surface area contributed by atoms with Crippen molar-refractivity contribution in [2.45, 2.75) is 19.3 Å². The third-order valence-corrected chi connectivity index (χ3v) is 6.02. The van der Waals surface area contributed by atoms with Crippen LogP contribution in [0.3, 0.4) is 0 Å². The van der Waals surface area contributed by atoms with Crippen LogP contribution in [0.5, 0.6) is 5.75 Å². The molecular formula is C24H18F2N7O2S+. The van der Waals surface area contributed by atoms with Gasteiger partial charge in [-0.25, -0.2) is 8.78 Å². The monoisotopic (exact) mass is 506 g/mol. The third-order valence-electron chi connectivity index (χ3n) is 5.27. The van der Waals surface area contributed by atoms with Gasteiger partial charge in [-0.05, 0) is 35.9 Å². The Hall–Kier alpha value is -4.42. The molecule has 0 radical (unpaired) electrons. The van der Waals surface area contributed by atoms with Gasteiger partial charge in [-0.3, -0.25) is 19.8 Å². The maximum absolute atomic E-state index is 13.5. The molecule has 1 aliphatic rings. The number of nitrogens with zero attached hydrogens (tertiary/aromatic N) is 6. The van der Waals surface area contributed by atoms with Crippen molar-refractivity contribution in [1.29, 1.82) is 0 Å². The average Bonchev–Trinajstić information content (AvgIpc) is 3.44. The van der Waals surface area contributed by atoms with E-state index >= 15 is 0 Å². The molecule has 0 aliphatic heterocycles. The van der Waals surface area contributed by atoms with Crippen LogP contribution in [0.1, 0.15) is 40.3 Å². The molecule has 0 spiro atoms. The number of ether oxygens (including phenoxy) is 1. The first-order chi connectivity index (χ1) is 17.4. The van der Waals surface area contributed by atoms with E-state index in [1.165, 1.54) is 19.4 Å². The van der Waals surface area contributed by atoms with E-state index in [0.717, 1.165) is 24.2 Å². The molecular weight excluding hydrogens is 488 g/mol. The molecule has 0 atom stereocenters. The van der Waals surface area contributed by atoms with Gasteiger partial charge in [0.1, 0.15) is 11.4 Å². The first kappa shape index (κ1) is 23.3. The lowest BCUT2D eigenvalue weighted by Crippen LogP contribution is -2.15. The van der Waals surface area contributed by atoms with Crippen molar-refractivity contribution < 1.29 is 23.3 Å². The van der Waals surface area contributed by atoms with Crippen molar-refractivity contribution in [2.24, 2.45) is 13.0 Å². The van der Waals surface area contributed by atoms with Crippen LogP contribution in [0.4, 0.5) is 13.9 Å². The number of aryl methyl sites for hydroxylation is 1. The standard InChI is InChI=1S/C24H17F2N7O2S/c1-33-8-7-17(32-33)18-9-14(15-10-19(22(25)26)28-12-20(15)35-2)16(11-27-18)23(34)29-24-31-30-21(36-24)6-5-13-3-4-13/h7-10,12-13,22H,3-4H2,1-2H3/p+1. The zero-order valence-corrected chi connectivity index (χ0v) is 19.9. The quantitative estimate of drug-likeness (QED) is 0.400. The van der Waals surface area contributed by atoms with Crippen LogP contribution in [0.15, 0.2) is 30.6 Å². The van der Waals surface area contributed by atoms with Gasteiger partial charge in [0.15, 0.2) is 16.3 Å². The van der Waals surface area contributed by atoms with E-state index in [4.69, 9.17) is 4.74 Å². The zero-order valence-electron chi connectivity index (χ0n) is 19.1. The molecule has 1 saturated carbocycles. The van der Waals surface area contributed by atoms with E-state index in [2.05, 4.69) is 48.6 Å². The Morgan fingerprint density at radius 2 is 2.17 bits per heavy atom. The van der Waals surface area contributed by atoms with Gasteiger partial charge in [0.05, 0.1) is 13.3 Å². The Kier molecular flexibility index (Phi) is 6.27. The first-order valence-electron chi connectivity index (χ1n) is 10.8. The van der Waals surface area contributed by atoms with Crippen molar-refractivity contribution in [1.82, 2.24) is 25.0 Å². The second-order valence-electron chi connectivity index (χ2n) is 7.94. The molecule has 4 aromatic rings. The molecule has 9 nitrogen and oxygen atoms in total. The van der Waals surface area contributed by atoms with Crippen molar-refractivity contribution in [3.63, 3.8) is 0 Å². The highest BCUT2D eigenvalue weighted by atomic mass is 32.1. The van der Waals surface area contributed by atoms with E-state index in [-0.39, 0.29) is 27.6 Å². The normalized spacial score (nSPS) is 12.6. The molecule has 36 heavy (non-hydrogen) atoms. The number of pyridine rings is 1. The van der Waals surface area contributed by atoms with Gasteiger partial charge >= 0.3 is 11.9 Å². The van der Waals surface area contributed by atoms with Gasteiger partial charge in [-0.2, -0.15) is 5.10 Å². The topological polar surface area (TPSA) is 109 Å². The summed E-state index contributed by atoms with van der Waals surface area (Å²) < 4.78 is 33.9. The highest BCUT2D eigenvalue weighted by Crippen LogP contribution is 2.35. The summed E-state index contributed by atoms with van der Waals surface area (Å²) in [5.74, 6) is 6.06. The fourth-order valence-electron chi connectivity index (χ4n) is 3.31. The van der Waals surface area contributed by atoms with Crippen LogP contribution < -0.4 is 15.0 Å². The molecule has 5 rings (SSSR count). The third kappa shape index (κ3) is 4.99. The second kappa shape index (κ2) is 9.68. The molecule has 0 unspecified atom stereocenters. The van der Waals surface area contributed by atoms with E-state index in [9.17, 15) is 13.6 Å². The summed E-state index contributed by atoms with van der Waals surface area (Å²) in [6.07, 6.45) is 5.02. The van der Waals surface area contributed by atoms with Crippen LogP contribution in [0, 0.1) is 24.0 Å². The predicted octanol–water partition coefficient (Wildman–Crippen LogP) is 3.36. The number of alkyl halides is 2. The fourth-order valence-corrected chi connectivity index (χ4v) is 3.91. The number of anilines is 1. The lowest BCUT2D eigenvalue weighted by Gasteiger charge is -2.11. The average molecular weight is 507 g/mol. The Morgan fingerprint density at radius 1 is 1.33 bits per heavy atom.